The van der Waals surface area contributed by atoms with Crippen molar-refractivity contribution in [3.63, 3.8) is 0 Å². The summed E-state index contributed by atoms with van der Waals surface area (Å²) in [5.74, 6) is 1.06. The molecule has 88 valence electrons. The summed E-state index contributed by atoms with van der Waals surface area (Å²) in [6.45, 7) is 0. The van der Waals surface area contributed by atoms with Gasteiger partial charge in [-0.25, -0.2) is 4.79 Å². The van der Waals surface area contributed by atoms with E-state index in [4.69, 9.17) is 5.11 Å². The number of nitrogens with one attached hydrogen (secondary N) is 1. The monoisotopic (exact) mass is 235 g/mol. The summed E-state index contributed by atoms with van der Waals surface area (Å²) >= 11 is 0. The highest BCUT2D eigenvalue weighted by atomic mass is 32.3. The van der Waals surface area contributed by atoms with Crippen molar-refractivity contribution >= 4 is 16.7 Å². The third-order valence-corrected chi connectivity index (χ3v) is 5.60. The van der Waals surface area contributed by atoms with E-state index in [0.29, 0.717) is 11.5 Å². The minimum Gasteiger partial charge on any atom is -0.465 e. The lowest BCUT2D eigenvalue weighted by molar-refractivity contribution is 0.160. The zero-order valence-electron chi connectivity index (χ0n) is 8.48. The molecule has 1 aliphatic carbocycles. The molecule has 1 heterocycles. The molecule has 1 saturated heterocycles. The fourth-order valence-corrected chi connectivity index (χ4v) is 5.23. The average Bonchev–Trinajstić information content (AvgIpc) is 2.05. The first-order valence-corrected chi connectivity index (χ1v) is 7.02. The lowest BCUT2D eigenvalue weighted by Gasteiger charge is -2.58. The second kappa shape index (κ2) is 3.54. The summed E-state index contributed by atoms with van der Waals surface area (Å²) in [7, 11) is -2.27. The Kier molecular flexibility index (Phi) is 2.60. The third kappa shape index (κ3) is 2.38. The zero-order valence-corrected chi connectivity index (χ0v) is 9.29. The predicted molar refractivity (Wildman–Crippen MR) is 58.4 cm³/mol. The number of carbonyl (C=O) groups is 1. The normalized spacial score (nSPS) is 30.5. The molecular weight excluding hydrogens is 218 g/mol. The minimum atomic E-state index is -2.27. The Morgan fingerprint density at radius 3 is 2.20 bits per heavy atom. The van der Waals surface area contributed by atoms with E-state index in [1.165, 1.54) is 0 Å². The fraction of sp³-hybridized carbons (Fsp3) is 0.889. The van der Waals surface area contributed by atoms with Gasteiger partial charge in [0.05, 0.1) is 0 Å². The predicted octanol–water partition coefficient (Wildman–Crippen LogP) is 1.95. The van der Waals surface area contributed by atoms with E-state index < -0.39 is 16.7 Å². The molecule has 4 N–H and O–H groups in total. The minimum absolute atomic E-state index is 0.0514. The van der Waals surface area contributed by atoms with Gasteiger partial charge in [-0.05, 0) is 25.7 Å². The van der Waals surface area contributed by atoms with Crippen LogP contribution in [-0.4, -0.2) is 37.9 Å². The Balaban J connectivity index is 1.81. The van der Waals surface area contributed by atoms with Gasteiger partial charge in [0.15, 0.2) is 0 Å². The van der Waals surface area contributed by atoms with Crippen LogP contribution in [0.2, 0.25) is 0 Å². The van der Waals surface area contributed by atoms with Gasteiger partial charge in [-0.2, -0.15) is 10.6 Å². The fourth-order valence-electron chi connectivity index (χ4n) is 2.78. The standard InChI is InChI=1S/C9H17NO4S/c11-8(12)10-7-1-3-9(4-2-7)5-15(13,14)6-9/h7,10,13-14H,1-6H2,(H,11,12). The first kappa shape index (κ1) is 11.0. The van der Waals surface area contributed by atoms with Crippen LogP contribution in [0.25, 0.3) is 0 Å². The highest BCUT2D eigenvalue weighted by Crippen LogP contribution is 2.63. The number of hydrogen-bond donors (Lipinski definition) is 4. The molecule has 0 radical (unpaired) electrons. The second-order valence-corrected chi connectivity index (χ2v) is 7.00. The lowest BCUT2D eigenvalue weighted by Crippen LogP contribution is -2.50. The van der Waals surface area contributed by atoms with E-state index in [2.05, 4.69) is 5.32 Å². The molecule has 5 nitrogen and oxygen atoms in total. The topological polar surface area (TPSA) is 89.8 Å². The van der Waals surface area contributed by atoms with E-state index in [1.54, 1.807) is 0 Å². The van der Waals surface area contributed by atoms with Crippen LogP contribution in [-0.2, 0) is 0 Å². The van der Waals surface area contributed by atoms with E-state index in [1.807, 2.05) is 0 Å². The molecule has 1 aliphatic heterocycles. The van der Waals surface area contributed by atoms with Gasteiger partial charge in [0.25, 0.3) is 0 Å². The summed E-state index contributed by atoms with van der Waals surface area (Å²) in [5, 5.41) is 11.0. The van der Waals surface area contributed by atoms with Crippen LogP contribution in [0.1, 0.15) is 25.7 Å². The smallest absolute Gasteiger partial charge is 0.404 e. The molecule has 2 aliphatic rings. The van der Waals surface area contributed by atoms with Crippen molar-refractivity contribution in [2.24, 2.45) is 5.41 Å². The maximum absolute atomic E-state index is 10.4. The third-order valence-electron chi connectivity index (χ3n) is 3.45. The molecule has 1 saturated carbocycles. The van der Waals surface area contributed by atoms with Crippen molar-refractivity contribution in [1.29, 1.82) is 0 Å². The van der Waals surface area contributed by atoms with Gasteiger partial charge >= 0.3 is 6.09 Å². The van der Waals surface area contributed by atoms with Crippen LogP contribution in [0.4, 0.5) is 4.79 Å². The summed E-state index contributed by atoms with van der Waals surface area (Å²) in [4.78, 5) is 10.4. The Bertz CT molecular complexity index is 263. The van der Waals surface area contributed by atoms with Gasteiger partial charge in [-0.1, -0.05) is 0 Å². The van der Waals surface area contributed by atoms with Crippen molar-refractivity contribution in [2.45, 2.75) is 31.7 Å². The van der Waals surface area contributed by atoms with Crippen molar-refractivity contribution in [3.8, 4) is 0 Å². The molecule has 0 aromatic carbocycles. The molecule has 0 atom stereocenters. The molecule has 2 fully saturated rings. The van der Waals surface area contributed by atoms with Crippen LogP contribution in [0, 0.1) is 5.41 Å². The highest BCUT2D eigenvalue weighted by molar-refractivity contribution is 8.25. The summed E-state index contributed by atoms with van der Waals surface area (Å²) in [6.07, 6.45) is 2.50. The molecule has 1 spiro atoms. The Morgan fingerprint density at radius 2 is 1.80 bits per heavy atom. The SMILES string of the molecule is O=C(O)NC1CCC2(CC1)CS(O)(O)C2. The van der Waals surface area contributed by atoms with E-state index in [9.17, 15) is 13.9 Å². The van der Waals surface area contributed by atoms with Gasteiger partial charge in [0, 0.05) is 23.0 Å². The molecule has 0 aromatic rings. The van der Waals surface area contributed by atoms with E-state index in [0.717, 1.165) is 25.7 Å². The first-order valence-electron chi connectivity index (χ1n) is 5.14. The van der Waals surface area contributed by atoms with Gasteiger partial charge < -0.3 is 10.4 Å². The molecule has 1 amide bonds. The van der Waals surface area contributed by atoms with Crippen LogP contribution >= 0.6 is 10.6 Å². The second-order valence-electron chi connectivity index (χ2n) is 4.81. The van der Waals surface area contributed by atoms with Crippen LogP contribution in [0.3, 0.4) is 0 Å². The number of amides is 1. The summed E-state index contributed by atoms with van der Waals surface area (Å²) in [6, 6.07) is 0.0514. The van der Waals surface area contributed by atoms with Crippen molar-refractivity contribution in [3.05, 3.63) is 0 Å². The molecule has 2 rings (SSSR count). The van der Waals surface area contributed by atoms with Gasteiger partial charge in [0.1, 0.15) is 0 Å². The highest BCUT2D eigenvalue weighted by Gasteiger charge is 2.49. The largest absolute Gasteiger partial charge is 0.465 e. The lowest BCUT2D eigenvalue weighted by atomic mass is 9.74. The van der Waals surface area contributed by atoms with Crippen LogP contribution in [0.15, 0.2) is 0 Å². The molecule has 6 heteroatoms. The number of carboxylic acid groups (broad SMARTS) is 1. The molecule has 15 heavy (non-hydrogen) atoms. The van der Waals surface area contributed by atoms with Crippen LogP contribution in [0.5, 0.6) is 0 Å². The van der Waals surface area contributed by atoms with Crippen molar-refractivity contribution in [1.82, 2.24) is 5.32 Å². The molecular formula is C9H17NO4S. The molecule has 0 aromatic heterocycles. The van der Waals surface area contributed by atoms with Crippen LogP contribution < -0.4 is 5.32 Å². The quantitative estimate of drug-likeness (QED) is 0.559. The number of rotatable bonds is 1. The maximum atomic E-state index is 10.4. The Hall–Kier alpha value is -0.460. The molecule has 0 unspecified atom stereocenters. The number of hydrogen-bond acceptors (Lipinski definition) is 3. The van der Waals surface area contributed by atoms with Crippen molar-refractivity contribution in [2.75, 3.05) is 11.5 Å². The van der Waals surface area contributed by atoms with E-state index >= 15 is 0 Å². The first-order chi connectivity index (χ1) is 6.91. The Labute approximate surface area is 90.2 Å². The summed E-state index contributed by atoms with van der Waals surface area (Å²) < 4.78 is 18.7. The maximum Gasteiger partial charge on any atom is 0.404 e. The van der Waals surface area contributed by atoms with Gasteiger partial charge in [0.2, 0.25) is 0 Å². The van der Waals surface area contributed by atoms with E-state index in [-0.39, 0.29) is 11.5 Å². The summed E-state index contributed by atoms with van der Waals surface area (Å²) in [5.41, 5.74) is 0.107. The van der Waals surface area contributed by atoms with Gasteiger partial charge in [-0.15, -0.1) is 0 Å². The molecule has 0 bridgehead atoms. The van der Waals surface area contributed by atoms with Crippen molar-refractivity contribution < 1.29 is 19.0 Å². The zero-order chi connectivity index (χ0) is 11.1. The average molecular weight is 235 g/mol. The Morgan fingerprint density at radius 1 is 1.27 bits per heavy atom. The van der Waals surface area contributed by atoms with Gasteiger partial charge in [-0.3, -0.25) is 9.11 Å².